The number of piperazine rings is 1. The lowest BCUT2D eigenvalue weighted by Crippen LogP contribution is -2.54. The van der Waals surface area contributed by atoms with Crippen LogP contribution in [0.25, 0.3) is 17.0 Å². The quantitative estimate of drug-likeness (QED) is 0.612. The molecule has 3 aromatic rings. The smallest absolute Gasteiger partial charge is 0.282 e. The van der Waals surface area contributed by atoms with Crippen molar-refractivity contribution in [2.75, 3.05) is 37.3 Å². The average molecular weight is 438 g/mol. The van der Waals surface area contributed by atoms with Crippen LogP contribution in [-0.4, -0.2) is 76.4 Å². The number of nitrogens with zero attached hydrogens (tertiary/aromatic N) is 7. The number of rotatable bonds is 5. The Morgan fingerprint density at radius 1 is 1.23 bits per heavy atom. The predicted octanol–water partition coefficient (Wildman–Crippen LogP) is 0.533. The highest BCUT2D eigenvalue weighted by molar-refractivity contribution is 7.89. The molecule has 0 saturated carbocycles. The van der Waals surface area contributed by atoms with E-state index >= 15 is 0 Å². The molecule has 0 bridgehead atoms. The van der Waals surface area contributed by atoms with Gasteiger partial charge in [-0.25, -0.2) is 41.8 Å². The number of likely N-dealkylation sites (N-methyl/N-ethyl adjacent to an activating group) is 1. The third kappa shape index (κ3) is 4.22. The molecule has 1 saturated heterocycles. The summed E-state index contributed by atoms with van der Waals surface area (Å²) in [5.74, 6) is 0.429. The van der Waals surface area contributed by atoms with Gasteiger partial charge in [-0.1, -0.05) is 0 Å². The number of imidazole rings is 1. The van der Waals surface area contributed by atoms with Gasteiger partial charge in [-0.05, 0) is 19.2 Å². The fourth-order valence-corrected chi connectivity index (χ4v) is 4.34. The first-order chi connectivity index (χ1) is 14.2. The van der Waals surface area contributed by atoms with E-state index in [1.165, 1.54) is 29.2 Å². The molecule has 1 atom stereocenters. The highest BCUT2D eigenvalue weighted by Crippen LogP contribution is 2.24. The van der Waals surface area contributed by atoms with Crippen molar-refractivity contribution in [1.29, 1.82) is 0 Å². The summed E-state index contributed by atoms with van der Waals surface area (Å²) in [4.78, 5) is 16.6. The molecule has 4 rings (SSSR count). The summed E-state index contributed by atoms with van der Waals surface area (Å²) in [5.41, 5.74) is 0.975. The van der Waals surface area contributed by atoms with E-state index < -0.39 is 16.4 Å². The fourth-order valence-electron chi connectivity index (χ4n) is 3.44. The van der Waals surface area contributed by atoms with E-state index in [2.05, 4.69) is 20.1 Å². The molecule has 30 heavy (non-hydrogen) atoms. The van der Waals surface area contributed by atoms with E-state index in [1.807, 2.05) is 16.8 Å². The fraction of sp³-hybridized carbons (Fsp3) is 0.412. The Morgan fingerprint density at radius 2 is 2.03 bits per heavy atom. The number of nitrogens with two attached hydrogens (primary N) is 1. The van der Waals surface area contributed by atoms with Crippen molar-refractivity contribution in [1.82, 2.24) is 29.5 Å². The van der Waals surface area contributed by atoms with Gasteiger partial charge in [0, 0.05) is 31.7 Å². The van der Waals surface area contributed by atoms with Gasteiger partial charge in [0.2, 0.25) is 10.0 Å². The molecule has 1 fully saturated rings. The SMILES string of the molecule is CN1CCN(c2cc(-c3cnc4ccc(C(F)F)nn34)ncn2)CC1CS(N)(=O)=O. The Hall–Kier alpha value is -2.77. The molecule has 4 heterocycles. The second-order valence-corrected chi connectivity index (χ2v) is 8.80. The number of halogens is 2. The second kappa shape index (κ2) is 7.81. The Balaban J connectivity index is 1.65. The topological polar surface area (TPSA) is 123 Å². The Kier molecular flexibility index (Phi) is 5.34. The number of fused-ring (bicyclic) bond motifs is 1. The van der Waals surface area contributed by atoms with Crippen molar-refractivity contribution in [3.8, 4) is 11.4 Å². The first-order valence-corrected chi connectivity index (χ1v) is 10.8. The first-order valence-electron chi connectivity index (χ1n) is 9.12. The van der Waals surface area contributed by atoms with E-state index in [9.17, 15) is 17.2 Å². The van der Waals surface area contributed by atoms with Gasteiger partial charge in [-0.2, -0.15) is 5.10 Å². The number of primary sulfonamides is 1. The maximum atomic E-state index is 13.0. The molecule has 3 aromatic heterocycles. The minimum Gasteiger partial charge on any atom is -0.354 e. The van der Waals surface area contributed by atoms with E-state index in [1.54, 1.807) is 6.07 Å². The van der Waals surface area contributed by atoms with Crippen LogP contribution < -0.4 is 10.0 Å². The maximum absolute atomic E-state index is 13.0. The maximum Gasteiger partial charge on any atom is 0.282 e. The molecule has 160 valence electrons. The number of anilines is 1. The Labute approximate surface area is 171 Å². The summed E-state index contributed by atoms with van der Waals surface area (Å²) in [5, 5.41) is 9.18. The molecule has 10 nitrogen and oxygen atoms in total. The lowest BCUT2D eigenvalue weighted by atomic mass is 10.2. The molecule has 0 amide bonds. The first kappa shape index (κ1) is 20.5. The summed E-state index contributed by atoms with van der Waals surface area (Å²) in [7, 11) is -1.77. The Morgan fingerprint density at radius 3 is 2.77 bits per heavy atom. The highest BCUT2D eigenvalue weighted by Gasteiger charge is 2.28. The summed E-state index contributed by atoms with van der Waals surface area (Å²) in [6.45, 7) is 1.69. The molecule has 0 spiro atoms. The molecule has 1 unspecified atom stereocenters. The van der Waals surface area contributed by atoms with Crippen LogP contribution in [0.15, 0.2) is 30.7 Å². The lowest BCUT2D eigenvalue weighted by molar-refractivity contribution is 0.144. The predicted molar refractivity (Wildman–Crippen MR) is 106 cm³/mol. The zero-order chi connectivity index (χ0) is 21.5. The molecule has 0 aromatic carbocycles. The van der Waals surface area contributed by atoms with Crippen LogP contribution in [0.5, 0.6) is 0 Å². The van der Waals surface area contributed by atoms with E-state index in [-0.39, 0.29) is 17.5 Å². The van der Waals surface area contributed by atoms with E-state index in [0.717, 1.165) is 0 Å². The largest absolute Gasteiger partial charge is 0.354 e. The monoisotopic (exact) mass is 438 g/mol. The summed E-state index contributed by atoms with van der Waals surface area (Å²) in [6, 6.07) is 4.13. The minimum atomic E-state index is -3.62. The van der Waals surface area contributed by atoms with Crippen molar-refractivity contribution in [2.45, 2.75) is 12.5 Å². The van der Waals surface area contributed by atoms with E-state index in [4.69, 9.17) is 5.14 Å². The third-order valence-corrected chi connectivity index (χ3v) is 5.90. The number of sulfonamides is 1. The van der Waals surface area contributed by atoms with Crippen LogP contribution >= 0.6 is 0 Å². The van der Waals surface area contributed by atoms with Crippen LogP contribution in [0, 0.1) is 0 Å². The number of alkyl halides is 2. The number of aromatic nitrogens is 5. The van der Waals surface area contributed by atoms with Gasteiger partial charge in [-0.3, -0.25) is 4.90 Å². The third-order valence-electron chi connectivity index (χ3n) is 5.05. The van der Waals surface area contributed by atoms with E-state index in [0.29, 0.717) is 42.5 Å². The van der Waals surface area contributed by atoms with Gasteiger partial charge in [0.25, 0.3) is 6.43 Å². The van der Waals surface area contributed by atoms with Crippen molar-refractivity contribution < 1.29 is 17.2 Å². The van der Waals surface area contributed by atoms with Crippen molar-refractivity contribution in [2.24, 2.45) is 5.14 Å². The molecule has 0 aliphatic carbocycles. The van der Waals surface area contributed by atoms with Gasteiger partial charge in [0.1, 0.15) is 23.5 Å². The summed E-state index contributed by atoms with van der Waals surface area (Å²) >= 11 is 0. The zero-order valence-electron chi connectivity index (χ0n) is 16.1. The van der Waals surface area contributed by atoms with Gasteiger partial charge in [-0.15, -0.1) is 0 Å². The van der Waals surface area contributed by atoms with Crippen molar-refractivity contribution in [3.05, 3.63) is 36.4 Å². The standard InChI is InChI=1S/C17H20F2N8O2S/c1-25-4-5-26(8-11(25)9-30(20,28)29)16-6-13(22-10-23-16)14-7-21-15-3-2-12(17(18)19)24-27(14)15/h2-3,6-7,10-11,17H,4-5,8-9H2,1H3,(H2,20,28,29). The molecule has 1 aliphatic rings. The van der Waals surface area contributed by atoms with Gasteiger partial charge >= 0.3 is 0 Å². The van der Waals surface area contributed by atoms with Crippen LogP contribution in [0.4, 0.5) is 14.6 Å². The Bertz CT molecular complexity index is 1170. The number of hydrogen-bond donors (Lipinski definition) is 1. The minimum absolute atomic E-state index is 0.161. The van der Waals surface area contributed by atoms with Crippen molar-refractivity contribution in [3.63, 3.8) is 0 Å². The molecule has 2 N–H and O–H groups in total. The van der Waals surface area contributed by atoms with Crippen LogP contribution in [-0.2, 0) is 10.0 Å². The van der Waals surface area contributed by atoms with Gasteiger partial charge < -0.3 is 4.90 Å². The lowest BCUT2D eigenvalue weighted by Gasteiger charge is -2.39. The van der Waals surface area contributed by atoms with Crippen molar-refractivity contribution >= 4 is 21.5 Å². The van der Waals surface area contributed by atoms with Gasteiger partial charge in [0.05, 0.1) is 17.6 Å². The normalized spacial score (nSPS) is 18.4. The molecule has 13 heteroatoms. The molecular weight excluding hydrogens is 418 g/mol. The summed E-state index contributed by atoms with van der Waals surface area (Å²) < 4.78 is 50.5. The van der Waals surface area contributed by atoms with Crippen LogP contribution in [0.3, 0.4) is 0 Å². The molecular formula is C17H20F2N8O2S. The van der Waals surface area contributed by atoms with Gasteiger partial charge in [0.15, 0.2) is 5.65 Å². The number of hydrogen-bond acceptors (Lipinski definition) is 8. The second-order valence-electron chi connectivity index (χ2n) is 7.14. The zero-order valence-corrected chi connectivity index (χ0v) is 16.9. The molecule has 1 aliphatic heterocycles. The highest BCUT2D eigenvalue weighted by atomic mass is 32.2. The van der Waals surface area contributed by atoms with Crippen LogP contribution in [0.2, 0.25) is 0 Å². The summed E-state index contributed by atoms with van der Waals surface area (Å²) in [6.07, 6.45) is 0.178. The average Bonchev–Trinajstić information content (AvgIpc) is 3.12. The van der Waals surface area contributed by atoms with Crippen LogP contribution in [0.1, 0.15) is 12.1 Å². The molecule has 0 radical (unpaired) electrons.